The first-order chi connectivity index (χ1) is 12.0. The summed E-state index contributed by atoms with van der Waals surface area (Å²) < 4.78 is 10.7. The van der Waals surface area contributed by atoms with Gasteiger partial charge >= 0.3 is 12.0 Å². The summed E-state index contributed by atoms with van der Waals surface area (Å²) in [5.41, 5.74) is 1.02. The van der Waals surface area contributed by atoms with Crippen LogP contribution in [-0.2, 0) is 16.1 Å². The maximum atomic E-state index is 12.3. The summed E-state index contributed by atoms with van der Waals surface area (Å²) in [5, 5.41) is 2.93. The molecule has 0 unspecified atom stereocenters. The lowest BCUT2D eigenvalue weighted by atomic mass is 9.97. The van der Waals surface area contributed by atoms with E-state index in [9.17, 15) is 9.59 Å². The average molecular weight is 348 g/mol. The van der Waals surface area contributed by atoms with Crippen molar-refractivity contribution in [3.8, 4) is 5.75 Å². The Morgan fingerprint density at radius 1 is 1.20 bits per heavy atom. The second kappa shape index (κ2) is 9.30. The smallest absolute Gasteiger partial charge is 0.317 e. The molecule has 1 aliphatic heterocycles. The van der Waals surface area contributed by atoms with Gasteiger partial charge in [-0.1, -0.05) is 12.1 Å². The van der Waals surface area contributed by atoms with Crippen LogP contribution in [0.3, 0.4) is 0 Å². The summed E-state index contributed by atoms with van der Waals surface area (Å²) in [4.78, 5) is 25.7. The molecule has 1 fully saturated rings. The summed E-state index contributed by atoms with van der Waals surface area (Å²) >= 11 is 0. The molecule has 1 N–H and O–H groups in total. The number of carbonyl (C=O) groups excluding carboxylic acids is 2. The van der Waals surface area contributed by atoms with Crippen LogP contribution in [0.5, 0.6) is 5.75 Å². The molecule has 0 spiro atoms. The first kappa shape index (κ1) is 19.1. The molecule has 0 aromatic heterocycles. The van der Waals surface area contributed by atoms with Crippen molar-refractivity contribution in [3.05, 3.63) is 29.8 Å². The predicted molar refractivity (Wildman–Crippen MR) is 95.4 cm³/mol. The van der Waals surface area contributed by atoms with Gasteiger partial charge in [0.05, 0.1) is 18.6 Å². The lowest BCUT2D eigenvalue weighted by Gasteiger charge is -2.30. The maximum absolute atomic E-state index is 12.3. The Labute approximate surface area is 149 Å². The Bertz CT molecular complexity index is 563. The monoisotopic (exact) mass is 348 g/mol. The molecular weight excluding hydrogens is 320 g/mol. The van der Waals surface area contributed by atoms with Gasteiger partial charge < -0.3 is 19.7 Å². The number of carbonyl (C=O) groups is 2. The van der Waals surface area contributed by atoms with E-state index in [4.69, 9.17) is 9.47 Å². The third-order valence-corrected chi connectivity index (χ3v) is 4.14. The highest BCUT2D eigenvalue weighted by atomic mass is 16.5. The molecule has 1 heterocycles. The van der Waals surface area contributed by atoms with Crippen molar-refractivity contribution >= 4 is 12.0 Å². The van der Waals surface area contributed by atoms with Crippen LogP contribution in [0, 0.1) is 5.92 Å². The number of rotatable bonds is 6. The van der Waals surface area contributed by atoms with Crippen LogP contribution in [-0.4, -0.2) is 42.7 Å². The second-order valence-corrected chi connectivity index (χ2v) is 6.48. The lowest BCUT2D eigenvalue weighted by Crippen LogP contribution is -2.45. The molecule has 0 atom stereocenters. The minimum absolute atomic E-state index is 0.0856. The number of hydrogen-bond acceptors (Lipinski definition) is 4. The molecule has 1 aromatic rings. The highest BCUT2D eigenvalue weighted by molar-refractivity contribution is 5.76. The first-order valence-electron chi connectivity index (χ1n) is 8.94. The largest absolute Gasteiger partial charge is 0.491 e. The summed E-state index contributed by atoms with van der Waals surface area (Å²) in [7, 11) is 0. The lowest BCUT2D eigenvalue weighted by molar-refractivity contribution is -0.149. The van der Waals surface area contributed by atoms with Crippen molar-refractivity contribution in [2.45, 2.75) is 46.3 Å². The zero-order valence-electron chi connectivity index (χ0n) is 15.3. The minimum atomic E-state index is -0.147. The van der Waals surface area contributed by atoms with Crippen molar-refractivity contribution in [1.29, 1.82) is 0 Å². The van der Waals surface area contributed by atoms with Gasteiger partial charge in [-0.05, 0) is 51.3 Å². The quantitative estimate of drug-likeness (QED) is 0.803. The molecule has 6 nitrogen and oxygen atoms in total. The van der Waals surface area contributed by atoms with E-state index in [0.717, 1.165) is 11.3 Å². The van der Waals surface area contributed by atoms with Crippen LogP contribution in [0.2, 0.25) is 0 Å². The number of urea groups is 1. The fraction of sp³-hybridized carbons (Fsp3) is 0.579. The zero-order chi connectivity index (χ0) is 18.2. The number of amides is 2. The third kappa shape index (κ3) is 5.96. The Morgan fingerprint density at radius 3 is 2.40 bits per heavy atom. The number of likely N-dealkylation sites (tertiary alicyclic amines) is 1. The number of nitrogens with one attached hydrogen (secondary N) is 1. The predicted octanol–water partition coefficient (Wildman–Crippen LogP) is 2.96. The number of nitrogens with zero attached hydrogens (tertiary/aromatic N) is 1. The summed E-state index contributed by atoms with van der Waals surface area (Å²) in [5.74, 6) is 0.592. The summed E-state index contributed by atoms with van der Waals surface area (Å²) in [6, 6.07) is 7.62. The van der Waals surface area contributed by atoms with Crippen molar-refractivity contribution in [3.63, 3.8) is 0 Å². The van der Waals surface area contributed by atoms with Crippen molar-refractivity contribution in [2.24, 2.45) is 5.92 Å². The van der Waals surface area contributed by atoms with Crippen LogP contribution < -0.4 is 10.1 Å². The van der Waals surface area contributed by atoms with Gasteiger partial charge in [-0.3, -0.25) is 4.79 Å². The summed E-state index contributed by atoms with van der Waals surface area (Å²) in [6.07, 6.45) is 1.46. The Hall–Kier alpha value is -2.24. The van der Waals surface area contributed by atoms with Gasteiger partial charge in [0.1, 0.15) is 5.75 Å². The Morgan fingerprint density at radius 2 is 1.84 bits per heavy atom. The SMILES string of the molecule is CCOC(=O)C1CCN(C(=O)NCc2ccc(OC(C)C)cc2)CC1. The van der Waals surface area contributed by atoms with Gasteiger partial charge in [0, 0.05) is 19.6 Å². The molecule has 1 saturated heterocycles. The standard InChI is InChI=1S/C19H28N2O4/c1-4-24-18(22)16-9-11-21(12-10-16)19(23)20-13-15-5-7-17(8-6-15)25-14(2)3/h5-8,14,16H,4,9-13H2,1-3H3,(H,20,23). The third-order valence-electron chi connectivity index (χ3n) is 4.14. The molecule has 1 aliphatic rings. The normalized spacial score (nSPS) is 15.1. The molecule has 0 bridgehead atoms. The number of hydrogen-bond donors (Lipinski definition) is 1. The highest BCUT2D eigenvalue weighted by Crippen LogP contribution is 2.19. The molecule has 2 amide bonds. The van der Waals surface area contributed by atoms with Crippen LogP contribution in [0.15, 0.2) is 24.3 Å². The van der Waals surface area contributed by atoms with Crippen LogP contribution in [0.1, 0.15) is 39.2 Å². The van der Waals surface area contributed by atoms with E-state index < -0.39 is 0 Å². The molecule has 2 rings (SSSR count). The van der Waals surface area contributed by atoms with Gasteiger partial charge in [-0.25, -0.2) is 4.79 Å². The van der Waals surface area contributed by atoms with E-state index in [1.54, 1.807) is 4.90 Å². The second-order valence-electron chi connectivity index (χ2n) is 6.48. The van der Waals surface area contributed by atoms with E-state index in [2.05, 4.69) is 5.32 Å². The van der Waals surface area contributed by atoms with Crippen LogP contribution >= 0.6 is 0 Å². The molecule has 0 radical (unpaired) electrons. The molecular formula is C19H28N2O4. The van der Waals surface area contributed by atoms with E-state index >= 15 is 0 Å². The molecule has 6 heteroatoms. The van der Waals surface area contributed by atoms with Gasteiger partial charge in [-0.2, -0.15) is 0 Å². The molecule has 0 saturated carbocycles. The van der Waals surface area contributed by atoms with Crippen molar-refractivity contribution in [1.82, 2.24) is 10.2 Å². The highest BCUT2D eigenvalue weighted by Gasteiger charge is 2.27. The van der Waals surface area contributed by atoms with E-state index in [-0.39, 0.29) is 24.0 Å². The molecule has 25 heavy (non-hydrogen) atoms. The summed E-state index contributed by atoms with van der Waals surface area (Å²) in [6.45, 7) is 7.81. The van der Waals surface area contributed by atoms with Gasteiger partial charge in [0.15, 0.2) is 0 Å². The molecule has 0 aliphatic carbocycles. The van der Waals surface area contributed by atoms with Gasteiger partial charge in [0.2, 0.25) is 0 Å². The Kier molecular flexibility index (Phi) is 7.10. The van der Waals surface area contributed by atoms with Crippen molar-refractivity contribution < 1.29 is 19.1 Å². The number of ether oxygens (including phenoxy) is 2. The fourth-order valence-electron chi connectivity index (χ4n) is 2.83. The Balaban J connectivity index is 1.75. The molecule has 1 aromatic carbocycles. The zero-order valence-corrected chi connectivity index (χ0v) is 15.3. The van der Waals surface area contributed by atoms with E-state index in [1.165, 1.54) is 0 Å². The number of benzene rings is 1. The average Bonchev–Trinajstić information content (AvgIpc) is 2.61. The maximum Gasteiger partial charge on any atom is 0.317 e. The fourth-order valence-corrected chi connectivity index (χ4v) is 2.83. The number of esters is 1. The minimum Gasteiger partial charge on any atom is -0.491 e. The van der Waals surface area contributed by atoms with Gasteiger partial charge in [0.25, 0.3) is 0 Å². The molecule has 138 valence electrons. The van der Waals surface area contributed by atoms with Crippen LogP contribution in [0.25, 0.3) is 0 Å². The first-order valence-corrected chi connectivity index (χ1v) is 8.94. The van der Waals surface area contributed by atoms with E-state index in [1.807, 2.05) is 45.0 Å². The van der Waals surface area contributed by atoms with Crippen molar-refractivity contribution in [2.75, 3.05) is 19.7 Å². The number of piperidine rings is 1. The van der Waals surface area contributed by atoms with Crippen LogP contribution in [0.4, 0.5) is 4.79 Å². The van der Waals surface area contributed by atoms with Gasteiger partial charge in [-0.15, -0.1) is 0 Å². The van der Waals surface area contributed by atoms with E-state index in [0.29, 0.717) is 39.1 Å². The topological polar surface area (TPSA) is 67.9 Å².